The van der Waals surface area contributed by atoms with Crippen LogP contribution in [0.5, 0.6) is 5.75 Å². The molecule has 0 aliphatic rings. The van der Waals surface area contributed by atoms with Crippen molar-refractivity contribution in [3.05, 3.63) is 65.2 Å². The topological polar surface area (TPSA) is 26.3 Å². The van der Waals surface area contributed by atoms with Crippen molar-refractivity contribution >= 4 is 6.29 Å². The lowest BCUT2D eigenvalue weighted by molar-refractivity contribution is 0.111. The number of carbonyl (C=O) groups is 1. The highest BCUT2D eigenvalue weighted by Gasteiger charge is 2.04. The first-order chi connectivity index (χ1) is 9.33. The predicted octanol–water partition coefficient (Wildman–Crippen LogP) is 3.68. The number of aryl methyl sites for hydroxylation is 1. The van der Waals surface area contributed by atoms with Gasteiger partial charge in [-0.1, -0.05) is 43.3 Å². The van der Waals surface area contributed by atoms with Gasteiger partial charge in [-0.2, -0.15) is 0 Å². The van der Waals surface area contributed by atoms with Crippen molar-refractivity contribution in [1.29, 1.82) is 0 Å². The minimum atomic E-state index is 0.580. The molecule has 0 saturated heterocycles. The highest BCUT2D eigenvalue weighted by atomic mass is 16.5. The SMILES string of the molecule is CCc1ccc(OCCc2ccccc2)c(C=O)c1. The van der Waals surface area contributed by atoms with Crippen LogP contribution in [-0.2, 0) is 12.8 Å². The summed E-state index contributed by atoms with van der Waals surface area (Å²) in [6, 6.07) is 16.0. The van der Waals surface area contributed by atoms with Crippen LogP contribution in [-0.4, -0.2) is 12.9 Å². The van der Waals surface area contributed by atoms with Gasteiger partial charge in [-0.25, -0.2) is 0 Å². The highest BCUT2D eigenvalue weighted by Crippen LogP contribution is 2.19. The molecule has 0 aliphatic heterocycles. The Morgan fingerprint density at radius 1 is 1.05 bits per heavy atom. The fourth-order valence-corrected chi connectivity index (χ4v) is 1.96. The lowest BCUT2D eigenvalue weighted by atomic mass is 10.1. The Bertz CT molecular complexity index is 532. The van der Waals surface area contributed by atoms with E-state index >= 15 is 0 Å². The second-order valence-electron chi connectivity index (χ2n) is 4.43. The molecule has 2 heteroatoms. The van der Waals surface area contributed by atoms with Crippen LogP contribution in [0.25, 0.3) is 0 Å². The zero-order valence-electron chi connectivity index (χ0n) is 11.1. The first kappa shape index (κ1) is 13.3. The number of benzene rings is 2. The molecule has 0 aromatic heterocycles. The molecule has 2 aromatic carbocycles. The molecule has 0 bridgehead atoms. The Balaban J connectivity index is 1.97. The summed E-state index contributed by atoms with van der Waals surface area (Å²) in [6.07, 6.45) is 2.62. The van der Waals surface area contributed by atoms with E-state index in [4.69, 9.17) is 4.74 Å². The van der Waals surface area contributed by atoms with Crippen LogP contribution in [0.1, 0.15) is 28.4 Å². The normalized spacial score (nSPS) is 10.2. The summed E-state index contributed by atoms with van der Waals surface area (Å²) in [5.74, 6) is 0.670. The summed E-state index contributed by atoms with van der Waals surface area (Å²) < 4.78 is 5.70. The van der Waals surface area contributed by atoms with Gasteiger partial charge >= 0.3 is 0 Å². The minimum Gasteiger partial charge on any atom is -0.492 e. The Morgan fingerprint density at radius 2 is 1.84 bits per heavy atom. The second-order valence-corrected chi connectivity index (χ2v) is 4.43. The van der Waals surface area contributed by atoms with Gasteiger partial charge in [0.05, 0.1) is 12.2 Å². The number of rotatable bonds is 6. The first-order valence-electron chi connectivity index (χ1n) is 6.58. The fraction of sp³-hybridized carbons (Fsp3) is 0.235. The lowest BCUT2D eigenvalue weighted by Crippen LogP contribution is -2.03. The van der Waals surface area contributed by atoms with Gasteiger partial charge in [-0.15, -0.1) is 0 Å². The first-order valence-corrected chi connectivity index (χ1v) is 6.58. The maximum Gasteiger partial charge on any atom is 0.153 e. The van der Waals surface area contributed by atoms with E-state index in [9.17, 15) is 4.79 Å². The Labute approximate surface area is 114 Å². The summed E-state index contributed by atoms with van der Waals surface area (Å²) in [5.41, 5.74) is 3.02. The molecule has 0 unspecified atom stereocenters. The van der Waals surface area contributed by atoms with Gasteiger partial charge in [-0.3, -0.25) is 4.79 Å². The van der Waals surface area contributed by atoms with E-state index in [0.717, 1.165) is 24.7 Å². The van der Waals surface area contributed by atoms with Gasteiger partial charge in [0.1, 0.15) is 5.75 Å². The van der Waals surface area contributed by atoms with Crippen molar-refractivity contribution < 1.29 is 9.53 Å². The Kier molecular flexibility index (Phi) is 4.73. The third-order valence-corrected chi connectivity index (χ3v) is 3.10. The number of hydrogen-bond donors (Lipinski definition) is 0. The van der Waals surface area contributed by atoms with Gasteiger partial charge in [0.15, 0.2) is 6.29 Å². The van der Waals surface area contributed by atoms with Gasteiger partial charge in [0.25, 0.3) is 0 Å². The fourth-order valence-electron chi connectivity index (χ4n) is 1.96. The van der Waals surface area contributed by atoms with Crippen LogP contribution in [0.2, 0.25) is 0 Å². The quantitative estimate of drug-likeness (QED) is 0.735. The average molecular weight is 254 g/mol. The third-order valence-electron chi connectivity index (χ3n) is 3.10. The van der Waals surface area contributed by atoms with Gasteiger partial charge < -0.3 is 4.74 Å². The van der Waals surface area contributed by atoms with E-state index < -0.39 is 0 Å². The smallest absolute Gasteiger partial charge is 0.153 e. The summed E-state index contributed by atoms with van der Waals surface area (Å²) >= 11 is 0. The maximum atomic E-state index is 11.0. The van der Waals surface area contributed by atoms with Crippen molar-refractivity contribution in [2.75, 3.05) is 6.61 Å². The molecular formula is C17H18O2. The van der Waals surface area contributed by atoms with E-state index in [2.05, 4.69) is 19.1 Å². The average Bonchev–Trinajstić information content (AvgIpc) is 2.48. The molecule has 0 radical (unpaired) electrons. The minimum absolute atomic E-state index is 0.580. The van der Waals surface area contributed by atoms with E-state index in [0.29, 0.717) is 17.9 Å². The molecular weight excluding hydrogens is 236 g/mol. The van der Waals surface area contributed by atoms with E-state index in [1.54, 1.807) is 0 Å². The van der Waals surface area contributed by atoms with Crippen LogP contribution in [0.4, 0.5) is 0 Å². The number of carbonyl (C=O) groups excluding carboxylic acids is 1. The summed E-state index contributed by atoms with van der Waals surface area (Å²) in [6.45, 7) is 2.65. The number of ether oxygens (including phenoxy) is 1. The number of aldehydes is 1. The van der Waals surface area contributed by atoms with E-state index in [1.165, 1.54) is 5.56 Å². The molecule has 0 spiro atoms. The number of hydrogen-bond acceptors (Lipinski definition) is 2. The monoisotopic (exact) mass is 254 g/mol. The van der Waals surface area contributed by atoms with Crippen LogP contribution in [0, 0.1) is 0 Å². The molecule has 2 aromatic rings. The zero-order valence-corrected chi connectivity index (χ0v) is 11.1. The summed E-state index contributed by atoms with van der Waals surface area (Å²) in [4.78, 5) is 11.0. The molecule has 0 aliphatic carbocycles. The van der Waals surface area contributed by atoms with Crippen LogP contribution in [0.3, 0.4) is 0 Å². The zero-order chi connectivity index (χ0) is 13.5. The van der Waals surface area contributed by atoms with Gasteiger partial charge in [0, 0.05) is 6.42 Å². The van der Waals surface area contributed by atoms with Crippen LogP contribution in [0.15, 0.2) is 48.5 Å². The van der Waals surface area contributed by atoms with Crippen molar-refractivity contribution in [3.8, 4) is 5.75 Å². The van der Waals surface area contributed by atoms with E-state index in [-0.39, 0.29) is 0 Å². The van der Waals surface area contributed by atoms with Crippen molar-refractivity contribution in [2.24, 2.45) is 0 Å². The molecule has 0 saturated carbocycles. The summed E-state index contributed by atoms with van der Waals surface area (Å²) in [7, 11) is 0. The highest BCUT2D eigenvalue weighted by molar-refractivity contribution is 5.79. The molecule has 0 amide bonds. The molecule has 0 heterocycles. The lowest BCUT2D eigenvalue weighted by Gasteiger charge is -2.09. The Morgan fingerprint density at radius 3 is 2.53 bits per heavy atom. The third kappa shape index (κ3) is 3.68. The van der Waals surface area contributed by atoms with Crippen LogP contribution < -0.4 is 4.74 Å². The Hall–Kier alpha value is -2.09. The molecule has 98 valence electrons. The van der Waals surface area contributed by atoms with Crippen molar-refractivity contribution in [1.82, 2.24) is 0 Å². The molecule has 2 rings (SSSR count). The summed E-state index contributed by atoms with van der Waals surface area (Å²) in [5, 5.41) is 0. The standard InChI is InChI=1S/C17H18O2/c1-2-14-8-9-17(16(12-14)13-18)19-11-10-15-6-4-3-5-7-15/h3-9,12-13H,2,10-11H2,1H3. The molecule has 0 atom stereocenters. The molecule has 19 heavy (non-hydrogen) atoms. The van der Waals surface area contributed by atoms with Gasteiger partial charge in [-0.05, 0) is 29.7 Å². The largest absolute Gasteiger partial charge is 0.492 e. The molecule has 0 fully saturated rings. The maximum absolute atomic E-state index is 11.0. The molecule has 2 nitrogen and oxygen atoms in total. The second kappa shape index (κ2) is 6.74. The van der Waals surface area contributed by atoms with E-state index in [1.807, 2.05) is 36.4 Å². The van der Waals surface area contributed by atoms with Crippen molar-refractivity contribution in [3.63, 3.8) is 0 Å². The van der Waals surface area contributed by atoms with Crippen LogP contribution >= 0.6 is 0 Å². The van der Waals surface area contributed by atoms with Crippen molar-refractivity contribution in [2.45, 2.75) is 19.8 Å². The molecule has 0 N–H and O–H groups in total. The van der Waals surface area contributed by atoms with Gasteiger partial charge in [0.2, 0.25) is 0 Å². The predicted molar refractivity (Wildman–Crippen MR) is 76.8 cm³/mol.